The van der Waals surface area contributed by atoms with Gasteiger partial charge in [0.05, 0.1) is 0 Å². The minimum atomic E-state index is -1.62. The van der Waals surface area contributed by atoms with Crippen molar-refractivity contribution in [2.45, 2.75) is 26.1 Å². The van der Waals surface area contributed by atoms with E-state index in [4.69, 9.17) is 5.11 Å². The average Bonchev–Trinajstić information content (AvgIpc) is 1.87. The first-order chi connectivity index (χ1) is 4.89. The van der Waals surface area contributed by atoms with E-state index >= 15 is 0 Å². The van der Waals surface area contributed by atoms with Crippen LogP contribution in [-0.2, 0) is 9.53 Å². The molecule has 0 saturated heterocycles. The number of hydrogen-bond donors (Lipinski definition) is 1. The lowest BCUT2D eigenvalue weighted by Gasteiger charge is -2.21. The standard InChI is InChI=1S/C8H13O3/c1-5-8(4,10)11-7(9)6(2)3/h10H,2,4-5H2,1,3H3. The van der Waals surface area contributed by atoms with Gasteiger partial charge in [-0.1, -0.05) is 13.5 Å². The third kappa shape index (κ3) is 3.78. The van der Waals surface area contributed by atoms with Crippen LogP contribution >= 0.6 is 0 Å². The zero-order valence-corrected chi connectivity index (χ0v) is 6.89. The molecule has 0 bridgehead atoms. The molecular weight excluding hydrogens is 144 g/mol. The van der Waals surface area contributed by atoms with E-state index in [9.17, 15) is 4.79 Å². The minimum Gasteiger partial charge on any atom is -0.430 e. The number of aliphatic hydroxyl groups is 1. The maximum atomic E-state index is 10.8. The molecule has 1 atom stereocenters. The normalized spacial score (nSPS) is 15.3. The Morgan fingerprint density at radius 3 is 2.45 bits per heavy atom. The molecule has 0 saturated carbocycles. The van der Waals surface area contributed by atoms with Crippen LogP contribution in [0.3, 0.4) is 0 Å². The Labute approximate surface area is 66.7 Å². The van der Waals surface area contributed by atoms with Crippen molar-refractivity contribution in [1.82, 2.24) is 0 Å². The third-order valence-corrected chi connectivity index (χ3v) is 1.18. The second kappa shape index (κ2) is 3.53. The van der Waals surface area contributed by atoms with Crippen LogP contribution in [0.25, 0.3) is 0 Å². The van der Waals surface area contributed by atoms with Crippen molar-refractivity contribution < 1.29 is 14.6 Å². The number of ether oxygens (including phenoxy) is 1. The Bertz CT molecular complexity index is 170. The van der Waals surface area contributed by atoms with Gasteiger partial charge in [-0.3, -0.25) is 0 Å². The lowest BCUT2D eigenvalue weighted by molar-refractivity contribution is -0.187. The molecule has 0 aliphatic carbocycles. The van der Waals surface area contributed by atoms with Gasteiger partial charge in [-0.2, -0.15) is 0 Å². The van der Waals surface area contributed by atoms with Crippen molar-refractivity contribution in [2.75, 3.05) is 0 Å². The summed E-state index contributed by atoms with van der Waals surface area (Å²) in [5.41, 5.74) is 0.250. The van der Waals surface area contributed by atoms with Crippen LogP contribution in [0.1, 0.15) is 20.3 Å². The molecule has 0 amide bonds. The van der Waals surface area contributed by atoms with Crippen molar-refractivity contribution in [1.29, 1.82) is 0 Å². The van der Waals surface area contributed by atoms with Crippen LogP contribution in [0.5, 0.6) is 0 Å². The van der Waals surface area contributed by atoms with Crippen LogP contribution < -0.4 is 0 Å². The summed E-state index contributed by atoms with van der Waals surface area (Å²) >= 11 is 0. The lowest BCUT2D eigenvalue weighted by Crippen LogP contribution is -2.30. The monoisotopic (exact) mass is 157 g/mol. The SMILES string of the molecule is [CH2]C(O)(CC)OC(=O)C(=C)C. The van der Waals surface area contributed by atoms with Gasteiger partial charge in [0, 0.05) is 18.9 Å². The fourth-order valence-corrected chi connectivity index (χ4v) is 0.332. The number of esters is 1. The second-order valence-corrected chi connectivity index (χ2v) is 2.47. The first kappa shape index (κ1) is 10.2. The summed E-state index contributed by atoms with van der Waals surface area (Å²) in [5, 5.41) is 9.15. The quantitative estimate of drug-likeness (QED) is 0.378. The molecule has 0 aliphatic rings. The van der Waals surface area contributed by atoms with E-state index < -0.39 is 11.8 Å². The summed E-state index contributed by atoms with van der Waals surface area (Å²) in [5.74, 6) is -2.24. The van der Waals surface area contributed by atoms with Gasteiger partial charge in [-0.25, -0.2) is 4.79 Å². The van der Waals surface area contributed by atoms with E-state index in [-0.39, 0.29) is 12.0 Å². The highest BCUT2D eigenvalue weighted by Gasteiger charge is 2.22. The number of carbonyl (C=O) groups is 1. The molecule has 0 aromatic heterocycles. The number of hydrogen-bond acceptors (Lipinski definition) is 3. The second-order valence-electron chi connectivity index (χ2n) is 2.47. The first-order valence-electron chi connectivity index (χ1n) is 3.35. The van der Waals surface area contributed by atoms with E-state index in [1.54, 1.807) is 6.92 Å². The van der Waals surface area contributed by atoms with Gasteiger partial charge in [-0.05, 0) is 6.92 Å². The van der Waals surface area contributed by atoms with Gasteiger partial charge in [0.25, 0.3) is 0 Å². The first-order valence-corrected chi connectivity index (χ1v) is 3.35. The predicted molar refractivity (Wildman–Crippen MR) is 41.5 cm³/mol. The van der Waals surface area contributed by atoms with Gasteiger partial charge in [0.2, 0.25) is 5.79 Å². The molecule has 0 rings (SSSR count). The van der Waals surface area contributed by atoms with Crippen molar-refractivity contribution in [3.63, 3.8) is 0 Å². The molecule has 0 fully saturated rings. The van der Waals surface area contributed by atoms with E-state index in [0.717, 1.165) is 0 Å². The van der Waals surface area contributed by atoms with Gasteiger partial charge in [-0.15, -0.1) is 0 Å². The van der Waals surface area contributed by atoms with Crippen LogP contribution in [-0.4, -0.2) is 16.9 Å². The molecule has 1 N–H and O–H groups in total. The van der Waals surface area contributed by atoms with Crippen molar-refractivity contribution >= 4 is 5.97 Å². The van der Waals surface area contributed by atoms with E-state index in [1.807, 2.05) is 0 Å². The highest BCUT2D eigenvalue weighted by Crippen LogP contribution is 2.11. The van der Waals surface area contributed by atoms with Crippen LogP contribution in [0, 0.1) is 6.92 Å². The molecule has 1 radical (unpaired) electrons. The topological polar surface area (TPSA) is 46.5 Å². The lowest BCUT2D eigenvalue weighted by atomic mass is 10.2. The zero-order valence-electron chi connectivity index (χ0n) is 6.89. The van der Waals surface area contributed by atoms with Crippen molar-refractivity contribution in [3.05, 3.63) is 19.1 Å². The van der Waals surface area contributed by atoms with Crippen LogP contribution in [0.15, 0.2) is 12.2 Å². The molecule has 0 aliphatic heterocycles. The van der Waals surface area contributed by atoms with Gasteiger partial charge in [0.1, 0.15) is 0 Å². The molecule has 3 heteroatoms. The predicted octanol–water partition coefficient (Wildman–Crippen LogP) is 1.04. The summed E-state index contributed by atoms with van der Waals surface area (Å²) in [6.07, 6.45) is 0.256. The van der Waals surface area contributed by atoms with Crippen LogP contribution in [0.4, 0.5) is 0 Å². The maximum absolute atomic E-state index is 10.8. The fraction of sp³-hybridized carbons (Fsp3) is 0.500. The summed E-state index contributed by atoms with van der Waals surface area (Å²) in [7, 11) is 0. The Morgan fingerprint density at radius 1 is 1.73 bits per heavy atom. The van der Waals surface area contributed by atoms with Gasteiger partial charge < -0.3 is 9.84 Å². The minimum absolute atomic E-state index is 0.250. The number of carbonyl (C=O) groups excluding carboxylic acids is 1. The molecular formula is C8H13O3. The molecule has 0 heterocycles. The van der Waals surface area contributed by atoms with Crippen molar-refractivity contribution in [2.24, 2.45) is 0 Å². The Hall–Kier alpha value is -0.830. The fourth-order valence-electron chi connectivity index (χ4n) is 0.332. The largest absolute Gasteiger partial charge is 0.430 e. The Kier molecular flexibility index (Phi) is 3.26. The smallest absolute Gasteiger partial charge is 0.335 e. The van der Waals surface area contributed by atoms with E-state index in [2.05, 4.69) is 18.2 Å². The molecule has 0 aromatic rings. The summed E-state index contributed by atoms with van der Waals surface area (Å²) < 4.78 is 4.55. The molecule has 1 unspecified atom stereocenters. The summed E-state index contributed by atoms with van der Waals surface area (Å²) in [4.78, 5) is 10.8. The average molecular weight is 157 g/mol. The molecule has 0 spiro atoms. The Balaban J connectivity index is 4.04. The molecule has 11 heavy (non-hydrogen) atoms. The molecule has 63 valence electrons. The van der Waals surface area contributed by atoms with Gasteiger partial charge >= 0.3 is 5.97 Å². The zero-order chi connectivity index (χ0) is 9.07. The summed E-state index contributed by atoms with van der Waals surface area (Å²) in [6, 6.07) is 0. The highest BCUT2D eigenvalue weighted by atomic mass is 16.7. The van der Waals surface area contributed by atoms with E-state index in [1.165, 1.54) is 6.92 Å². The van der Waals surface area contributed by atoms with Crippen molar-refractivity contribution in [3.8, 4) is 0 Å². The molecule has 3 nitrogen and oxygen atoms in total. The number of rotatable bonds is 3. The maximum Gasteiger partial charge on any atom is 0.335 e. The Morgan fingerprint density at radius 2 is 2.18 bits per heavy atom. The summed E-state index contributed by atoms with van der Waals surface area (Å²) in [6.45, 7) is 9.82. The van der Waals surface area contributed by atoms with Gasteiger partial charge in [0.15, 0.2) is 0 Å². The van der Waals surface area contributed by atoms with E-state index in [0.29, 0.717) is 0 Å². The van der Waals surface area contributed by atoms with Crippen LogP contribution in [0.2, 0.25) is 0 Å². The third-order valence-electron chi connectivity index (χ3n) is 1.18. The highest BCUT2D eigenvalue weighted by molar-refractivity contribution is 5.87. The molecule has 0 aromatic carbocycles.